The van der Waals surface area contributed by atoms with Crippen molar-refractivity contribution in [3.8, 4) is 22.3 Å². The number of benzene rings is 3. The van der Waals surface area contributed by atoms with Crippen molar-refractivity contribution in [3.05, 3.63) is 82.7 Å². The van der Waals surface area contributed by atoms with Gasteiger partial charge in [0.05, 0.1) is 5.56 Å². The van der Waals surface area contributed by atoms with E-state index >= 15 is 4.39 Å². The maximum Gasteiger partial charge on any atom is 0.198 e. The van der Waals surface area contributed by atoms with Crippen molar-refractivity contribution in [2.24, 2.45) is 5.92 Å². The summed E-state index contributed by atoms with van der Waals surface area (Å²) < 4.78 is 103. The van der Waals surface area contributed by atoms with Gasteiger partial charge in [0.2, 0.25) is 0 Å². The molecule has 0 radical (unpaired) electrons. The first-order chi connectivity index (χ1) is 15.8. The summed E-state index contributed by atoms with van der Waals surface area (Å²) in [5, 5.41) is 0. The van der Waals surface area contributed by atoms with Gasteiger partial charge in [0.15, 0.2) is 34.9 Å². The average molecular weight is 466 g/mol. The lowest BCUT2D eigenvalue weighted by molar-refractivity contribution is 0.309. The van der Waals surface area contributed by atoms with Gasteiger partial charge in [-0.15, -0.1) is 0 Å². The second kappa shape index (κ2) is 9.20. The largest absolute Gasteiger partial charge is 0.206 e. The highest BCUT2D eigenvalue weighted by Crippen LogP contribution is 2.46. The Balaban J connectivity index is 1.94. The predicted molar refractivity (Wildman–Crippen MR) is 112 cm³/mol. The third-order valence-electron chi connectivity index (χ3n) is 6.63. The van der Waals surface area contributed by atoms with Crippen LogP contribution >= 0.6 is 0 Å². The zero-order valence-electron chi connectivity index (χ0n) is 17.8. The molecule has 7 heteroatoms. The highest BCUT2D eigenvalue weighted by Gasteiger charge is 2.35. The minimum atomic E-state index is -2.15. The topological polar surface area (TPSA) is 0 Å². The molecule has 0 bridgehead atoms. The molecular formula is C26H21F7. The van der Waals surface area contributed by atoms with Crippen LogP contribution in [0.1, 0.15) is 50.5 Å². The third-order valence-corrected chi connectivity index (χ3v) is 6.63. The van der Waals surface area contributed by atoms with Crippen molar-refractivity contribution in [2.45, 2.75) is 44.9 Å². The Morgan fingerprint density at radius 2 is 1.24 bits per heavy atom. The molecule has 4 rings (SSSR count). The van der Waals surface area contributed by atoms with Gasteiger partial charge < -0.3 is 0 Å². The van der Waals surface area contributed by atoms with Crippen LogP contribution in [0.3, 0.4) is 0 Å². The molecule has 1 aliphatic carbocycles. The van der Waals surface area contributed by atoms with Gasteiger partial charge in [-0.1, -0.05) is 43.7 Å². The Morgan fingerprint density at radius 3 is 1.85 bits per heavy atom. The minimum Gasteiger partial charge on any atom is -0.206 e. The molecule has 0 saturated heterocycles. The first kappa shape index (κ1) is 23.3. The predicted octanol–water partition coefficient (Wildman–Crippen LogP) is 8.68. The van der Waals surface area contributed by atoms with Crippen LogP contribution in [-0.2, 0) is 0 Å². The van der Waals surface area contributed by atoms with Gasteiger partial charge in [-0.05, 0) is 49.1 Å². The van der Waals surface area contributed by atoms with Gasteiger partial charge in [-0.25, -0.2) is 30.7 Å². The van der Waals surface area contributed by atoms with Crippen molar-refractivity contribution in [3.63, 3.8) is 0 Å². The van der Waals surface area contributed by atoms with Gasteiger partial charge in [0.1, 0.15) is 5.82 Å². The van der Waals surface area contributed by atoms with Crippen LogP contribution in [0.5, 0.6) is 0 Å². The van der Waals surface area contributed by atoms with E-state index in [1.54, 1.807) is 6.07 Å². The molecule has 0 nitrogen and oxygen atoms in total. The number of hydrogen-bond donors (Lipinski definition) is 0. The summed E-state index contributed by atoms with van der Waals surface area (Å²) in [6, 6.07) is 7.82. The fourth-order valence-electron chi connectivity index (χ4n) is 4.80. The Kier molecular flexibility index (Phi) is 6.50. The van der Waals surface area contributed by atoms with Crippen molar-refractivity contribution < 1.29 is 30.7 Å². The highest BCUT2D eigenvalue weighted by molar-refractivity contribution is 5.75. The van der Waals surface area contributed by atoms with E-state index < -0.39 is 68.9 Å². The third kappa shape index (κ3) is 4.02. The first-order valence-electron chi connectivity index (χ1n) is 10.8. The SMILES string of the molecule is CCC1CCC(c2c(F)c(F)c(F)c(F)c2-c2cc(F)c(-c3ccccc3)c(F)c2F)CC1. The van der Waals surface area contributed by atoms with Crippen molar-refractivity contribution in [1.29, 1.82) is 0 Å². The molecule has 0 aromatic heterocycles. The fraction of sp³-hybridized carbons (Fsp3) is 0.308. The molecule has 3 aromatic carbocycles. The van der Waals surface area contributed by atoms with Crippen molar-refractivity contribution >= 4 is 0 Å². The normalized spacial score (nSPS) is 18.5. The molecule has 1 saturated carbocycles. The summed E-state index contributed by atoms with van der Waals surface area (Å²) in [5.41, 5.74) is -3.18. The maximum atomic E-state index is 15.2. The molecule has 1 aliphatic rings. The maximum absolute atomic E-state index is 15.2. The summed E-state index contributed by atoms with van der Waals surface area (Å²) in [5.74, 6) is -12.6. The van der Waals surface area contributed by atoms with E-state index in [2.05, 4.69) is 0 Å². The van der Waals surface area contributed by atoms with Crippen LogP contribution in [-0.4, -0.2) is 0 Å². The minimum absolute atomic E-state index is 0.0352. The summed E-state index contributed by atoms with van der Waals surface area (Å²) in [4.78, 5) is 0. The highest BCUT2D eigenvalue weighted by atomic mass is 19.2. The molecule has 0 atom stereocenters. The van der Waals surface area contributed by atoms with Gasteiger partial charge in [-0.2, -0.15) is 0 Å². The zero-order valence-corrected chi connectivity index (χ0v) is 17.8. The molecule has 174 valence electrons. The quantitative estimate of drug-likeness (QED) is 0.205. The molecule has 0 unspecified atom stereocenters. The van der Waals surface area contributed by atoms with Gasteiger partial charge in [0, 0.05) is 16.7 Å². The monoisotopic (exact) mass is 466 g/mol. The second-order valence-electron chi connectivity index (χ2n) is 8.45. The van der Waals surface area contributed by atoms with E-state index in [9.17, 15) is 26.3 Å². The van der Waals surface area contributed by atoms with Crippen LogP contribution in [0.2, 0.25) is 0 Å². The van der Waals surface area contributed by atoms with E-state index in [1.807, 2.05) is 6.92 Å². The Hall–Kier alpha value is -2.83. The number of halogens is 7. The molecule has 0 spiro atoms. The standard InChI is InChI=1S/C26H21F7/c1-2-13-8-10-15(11-9-13)19-20(24(31)26(33)25(32)23(19)30)16-12-17(27)18(22(29)21(16)28)14-6-4-3-5-7-14/h3-7,12-13,15H,2,8-11H2,1H3. The van der Waals surface area contributed by atoms with Crippen LogP contribution < -0.4 is 0 Å². The number of rotatable bonds is 4. The Morgan fingerprint density at radius 1 is 0.667 bits per heavy atom. The van der Waals surface area contributed by atoms with E-state index in [0.29, 0.717) is 37.7 Å². The molecule has 0 aliphatic heterocycles. The Labute approximate surface area is 187 Å². The summed E-state index contributed by atoms with van der Waals surface area (Å²) in [6.07, 6.45) is 2.82. The molecule has 33 heavy (non-hydrogen) atoms. The van der Waals surface area contributed by atoms with Crippen molar-refractivity contribution in [2.75, 3.05) is 0 Å². The lowest BCUT2D eigenvalue weighted by Crippen LogP contribution is -2.17. The van der Waals surface area contributed by atoms with E-state index in [1.165, 1.54) is 24.3 Å². The number of hydrogen-bond acceptors (Lipinski definition) is 0. The lowest BCUT2D eigenvalue weighted by atomic mass is 9.75. The molecule has 0 N–H and O–H groups in total. The molecule has 0 heterocycles. The summed E-state index contributed by atoms with van der Waals surface area (Å²) in [7, 11) is 0. The van der Waals surface area contributed by atoms with Crippen molar-refractivity contribution in [1.82, 2.24) is 0 Å². The zero-order chi connectivity index (χ0) is 23.9. The fourth-order valence-corrected chi connectivity index (χ4v) is 4.80. The summed E-state index contributed by atoms with van der Waals surface area (Å²) in [6.45, 7) is 1.99. The second-order valence-corrected chi connectivity index (χ2v) is 8.45. The van der Waals surface area contributed by atoms with E-state index in [-0.39, 0.29) is 5.56 Å². The lowest BCUT2D eigenvalue weighted by Gasteiger charge is -2.30. The first-order valence-corrected chi connectivity index (χ1v) is 10.8. The van der Waals surface area contributed by atoms with Crippen LogP contribution in [0, 0.1) is 46.6 Å². The van der Waals surface area contributed by atoms with E-state index in [4.69, 9.17) is 0 Å². The molecule has 0 amide bonds. The van der Waals surface area contributed by atoms with E-state index in [0.717, 1.165) is 6.42 Å². The van der Waals surface area contributed by atoms with Crippen LogP contribution in [0.4, 0.5) is 30.7 Å². The van der Waals surface area contributed by atoms with Gasteiger partial charge >= 0.3 is 0 Å². The molecular weight excluding hydrogens is 445 g/mol. The van der Waals surface area contributed by atoms with Gasteiger partial charge in [-0.3, -0.25) is 0 Å². The smallest absolute Gasteiger partial charge is 0.198 e. The van der Waals surface area contributed by atoms with Crippen LogP contribution in [0.15, 0.2) is 36.4 Å². The summed E-state index contributed by atoms with van der Waals surface area (Å²) >= 11 is 0. The average Bonchev–Trinajstić information content (AvgIpc) is 2.83. The molecule has 1 fully saturated rings. The van der Waals surface area contributed by atoms with Gasteiger partial charge in [0.25, 0.3) is 0 Å². The van der Waals surface area contributed by atoms with Crippen LogP contribution in [0.25, 0.3) is 22.3 Å². The molecule has 3 aromatic rings. The Bertz CT molecular complexity index is 1180.